The van der Waals surface area contributed by atoms with Crippen molar-refractivity contribution in [2.24, 2.45) is 0 Å². The highest BCUT2D eigenvalue weighted by Gasteiger charge is 2.17. The first-order valence-corrected chi connectivity index (χ1v) is 5.56. The quantitative estimate of drug-likeness (QED) is 0.798. The van der Waals surface area contributed by atoms with Gasteiger partial charge in [-0.05, 0) is 0 Å². The van der Waals surface area contributed by atoms with E-state index in [1.54, 1.807) is 6.20 Å². The summed E-state index contributed by atoms with van der Waals surface area (Å²) < 4.78 is 4.94. The fraction of sp³-hybridized carbons (Fsp3) is 0.556. The predicted molar refractivity (Wildman–Crippen MR) is 60.4 cm³/mol. The third-order valence-electron chi connectivity index (χ3n) is 2.05. The number of methoxy groups -OCH3 is 1. The van der Waals surface area contributed by atoms with Gasteiger partial charge in [0.1, 0.15) is 0 Å². The number of hydrogen-bond acceptors (Lipinski definition) is 3. The second kappa shape index (κ2) is 4.94. The Morgan fingerprint density at radius 2 is 2.14 bits per heavy atom. The minimum atomic E-state index is 0.222. The second-order valence-corrected chi connectivity index (χ2v) is 4.91. The van der Waals surface area contributed by atoms with Crippen molar-refractivity contribution in [3.05, 3.63) is 16.9 Å². The molecule has 78 valence electrons. The van der Waals surface area contributed by atoms with Crippen LogP contribution in [0.25, 0.3) is 0 Å². The maximum atomic E-state index is 5.99. The molecule has 0 spiro atoms. The zero-order valence-electron chi connectivity index (χ0n) is 8.29. The van der Waals surface area contributed by atoms with Gasteiger partial charge in [-0.3, -0.25) is 0 Å². The van der Waals surface area contributed by atoms with E-state index in [1.165, 1.54) is 7.11 Å². The van der Waals surface area contributed by atoms with Crippen molar-refractivity contribution in [2.75, 3.05) is 7.11 Å². The van der Waals surface area contributed by atoms with Crippen molar-refractivity contribution in [2.45, 2.75) is 24.6 Å². The van der Waals surface area contributed by atoms with E-state index in [1.807, 2.05) is 6.92 Å². The van der Waals surface area contributed by atoms with Crippen molar-refractivity contribution < 1.29 is 4.74 Å². The number of alkyl halides is 1. The second-order valence-electron chi connectivity index (χ2n) is 3.06. The summed E-state index contributed by atoms with van der Waals surface area (Å²) in [6, 6.07) is 0.351. The summed E-state index contributed by atoms with van der Waals surface area (Å²) in [7, 11) is 1.54. The van der Waals surface area contributed by atoms with Crippen LogP contribution in [-0.2, 0) is 0 Å². The van der Waals surface area contributed by atoms with Crippen LogP contribution >= 0.6 is 27.5 Å². The maximum Gasteiger partial charge on any atom is 0.316 e. The molecule has 0 N–H and O–H groups in total. The topological polar surface area (TPSA) is 35.0 Å². The van der Waals surface area contributed by atoms with Gasteiger partial charge >= 0.3 is 6.01 Å². The molecular formula is C9H12BrClN2O. The van der Waals surface area contributed by atoms with Crippen molar-refractivity contribution >= 4 is 27.5 Å². The molecule has 5 heteroatoms. The minimum Gasteiger partial charge on any atom is -0.467 e. The lowest BCUT2D eigenvalue weighted by atomic mass is 10.1. The molecule has 0 saturated heterocycles. The molecule has 0 amide bonds. The fourth-order valence-electron chi connectivity index (χ4n) is 0.999. The highest BCUT2D eigenvalue weighted by Crippen LogP contribution is 2.28. The maximum absolute atomic E-state index is 5.99. The predicted octanol–water partition coefficient (Wildman–Crippen LogP) is 3.03. The first-order valence-electron chi connectivity index (χ1n) is 4.26. The monoisotopic (exact) mass is 278 g/mol. The van der Waals surface area contributed by atoms with Crippen LogP contribution in [0.3, 0.4) is 0 Å². The van der Waals surface area contributed by atoms with Crippen LogP contribution in [0.5, 0.6) is 6.01 Å². The number of ether oxygens (including phenoxy) is 1. The third kappa shape index (κ3) is 2.58. The Kier molecular flexibility index (Phi) is 4.13. The SMILES string of the molecule is COc1ncc(Cl)c(C(C)C(C)Br)n1. The van der Waals surface area contributed by atoms with E-state index in [9.17, 15) is 0 Å². The average Bonchev–Trinajstić information content (AvgIpc) is 2.17. The Bertz CT molecular complexity index is 320. The van der Waals surface area contributed by atoms with Crippen LogP contribution < -0.4 is 4.74 Å². The van der Waals surface area contributed by atoms with E-state index >= 15 is 0 Å². The van der Waals surface area contributed by atoms with Crippen molar-refractivity contribution in [3.63, 3.8) is 0 Å². The first-order chi connectivity index (χ1) is 6.56. The van der Waals surface area contributed by atoms with Gasteiger partial charge in [0.2, 0.25) is 0 Å². The van der Waals surface area contributed by atoms with Gasteiger partial charge in [-0.1, -0.05) is 41.4 Å². The molecule has 2 unspecified atom stereocenters. The molecule has 1 aromatic heterocycles. The standard InChI is InChI=1S/C9H12BrClN2O/c1-5(6(2)10)8-7(11)4-12-9(13-8)14-3/h4-6H,1-3H3. The highest BCUT2D eigenvalue weighted by atomic mass is 79.9. The summed E-state index contributed by atoms with van der Waals surface area (Å²) in [4.78, 5) is 8.44. The number of halogens is 2. The molecular weight excluding hydrogens is 267 g/mol. The lowest BCUT2D eigenvalue weighted by Crippen LogP contribution is -2.08. The molecule has 3 nitrogen and oxygen atoms in total. The summed E-state index contributed by atoms with van der Waals surface area (Å²) in [6.07, 6.45) is 1.56. The third-order valence-corrected chi connectivity index (χ3v) is 3.14. The van der Waals surface area contributed by atoms with Crippen LogP contribution in [-0.4, -0.2) is 21.9 Å². The van der Waals surface area contributed by atoms with Crippen molar-refractivity contribution in [1.82, 2.24) is 9.97 Å². The molecule has 1 rings (SSSR count). The van der Waals surface area contributed by atoms with Crippen molar-refractivity contribution in [3.8, 4) is 6.01 Å². The van der Waals surface area contributed by atoms with E-state index in [0.29, 0.717) is 15.9 Å². The number of nitrogens with zero attached hydrogens (tertiary/aromatic N) is 2. The largest absolute Gasteiger partial charge is 0.467 e. The summed E-state index contributed by atoms with van der Waals surface area (Å²) in [6.45, 7) is 4.10. The van der Waals surface area contributed by atoms with Crippen LogP contribution in [0, 0.1) is 0 Å². The number of hydrogen-bond donors (Lipinski definition) is 0. The Morgan fingerprint density at radius 3 is 2.64 bits per heavy atom. The lowest BCUT2D eigenvalue weighted by molar-refractivity contribution is 0.377. The number of rotatable bonds is 3. The molecule has 1 aromatic rings. The fourth-order valence-corrected chi connectivity index (χ4v) is 1.51. The van der Waals surface area contributed by atoms with E-state index in [4.69, 9.17) is 16.3 Å². The molecule has 0 aromatic carbocycles. The summed E-state index contributed by atoms with van der Waals surface area (Å²) in [5.74, 6) is 0.222. The average molecular weight is 280 g/mol. The van der Waals surface area contributed by atoms with Gasteiger partial charge < -0.3 is 4.74 Å². The van der Waals surface area contributed by atoms with Gasteiger partial charge in [0.15, 0.2) is 0 Å². The Morgan fingerprint density at radius 1 is 1.50 bits per heavy atom. The Hall–Kier alpha value is -0.350. The summed E-state index contributed by atoms with van der Waals surface area (Å²) >= 11 is 9.49. The lowest BCUT2D eigenvalue weighted by Gasteiger charge is -2.14. The smallest absolute Gasteiger partial charge is 0.316 e. The first kappa shape index (κ1) is 11.7. The van der Waals surface area contributed by atoms with E-state index < -0.39 is 0 Å². The van der Waals surface area contributed by atoms with E-state index in [2.05, 4.69) is 32.8 Å². The molecule has 0 aliphatic heterocycles. The Labute approximate surface area is 97.0 Å². The van der Waals surface area contributed by atoms with E-state index in [0.717, 1.165) is 5.69 Å². The van der Waals surface area contributed by atoms with Crippen LogP contribution in [0.1, 0.15) is 25.5 Å². The van der Waals surface area contributed by atoms with E-state index in [-0.39, 0.29) is 5.92 Å². The van der Waals surface area contributed by atoms with Gasteiger partial charge in [-0.25, -0.2) is 4.98 Å². The van der Waals surface area contributed by atoms with Gasteiger partial charge in [0, 0.05) is 10.7 Å². The zero-order valence-corrected chi connectivity index (χ0v) is 10.6. The highest BCUT2D eigenvalue weighted by molar-refractivity contribution is 9.09. The Balaban J connectivity index is 3.05. The zero-order chi connectivity index (χ0) is 10.7. The molecule has 0 aliphatic carbocycles. The number of aromatic nitrogens is 2. The molecule has 14 heavy (non-hydrogen) atoms. The molecule has 0 aliphatic rings. The van der Waals surface area contributed by atoms with Crippen LogP contribution in [0.15, 0.2) is 6.20 Å². The van der Waals surface area contributed by atoms with Crippen LogP contribution in [0.4, 0.5) is 0 Å². The van der Waals surface area contributed by atoms with Gasteiger partial charge in [0.05, 0.1) is 24.0 Å². The van der Waals surface area contributed by atoms with Gasteiger partial charge in [-0.2, -0.15) is 4.98 Å². The molecule has 0 radical (unpaired) electrons. The molecule has 0 bridgehead atoms. The van der Waals surface area contributed by atoms with Gasteiger partial charge in [-0.15, -0.1) is 0 Å². The van der Waals surface area contributed by atoms with Crippen LogP contribution in [0.2, 0.25) is 5.02 Å². The van der Waals surface area contributed by atoms with Crippen molar-refractivity contribution in [1.29, 1.82) is 0 Å². The molecule has 1 heterocycles. The molecule has 2 atom stereocenters. The molecule has 0 saturated carbocycles. The van der Waals surface area contributed by atoms with Gasteiger partial charge in [0.25, 0.3) is 0 Å². The minimum absolute atomic E-state index is 0.222. The summed E-state index contributed by atoms with van der Waals surface area (Å²) in [5.41, 5.74) is 0.808. The normalized spacial score (nSPS) is 14.9. The summed E-state index contributed by atoms with van der Waals surface area (Å²) in [5, 5.41) is 0.574. The molecule has 0 fully saturated rings.